The van der Waals surface area contributed by atoms with E-state index in [1.54, 1.807) is 0 Å². The fourth-order valence-corrected chi connectivity index (χ4v) is 0.500. The van der Waals surface area contributed by atoms with Crippen LogP contribution in [0.25, 0.3) is 0 Å². The topological polar surface area (TPSA) is 58.6 Å². The predicted octanol–water partition coefficient (Wildman–Crippen LogP) is -0.523. The van der Waals surface area contributed by atoms with Gasteiger partial charge in [-0.05, 0) is 6.92 Å². The summed E-state index contributed by atoms with van der Waals surface area (Å²) in [7, 11) is 1.52. The lowest BCUT2D eigenvalue weighted by Crippen LogP contribution is -2.32. The van der Waals surface area contributed by atoms with Crippen LogP contribution < -0.4 is 5.32 Å². The van der Waals surface area contributed by atoms with E-state index < -0.39 is 6.23 Å². The highest BCUT2D eigenvalue weighted by Gasteiger charge is 2.01. The number of methoxy groups -OCH3 is 1. The average Bonchev–Trinajstić information content (AvgIpc) is 1.82. The minimum Gasteiger partial charge on any atom is -0.384 e. The first kappa shape index (κ1) is 9.39. The summed E-state index contributed by atoms with van der Waals surface area (Å²) in [6.07, 6.45) is -0.481. The van der Waals surface area contributed by atoms with E-state index in [-0.39, 0.29) is 5.91 Å². The van der Waals surface area contributed by atoms with Gasteiger partial charge in [-0.1, -0.05) is 0 Å². The number of amides is 1. The highest BCUT2D eigenvalue weighted by atomic mass is 16.5. The van der Waals surface area contributed by atoms with Gasteiger partial charge in [0.05, 0.1) is 13.0 Å². The van der Waals surface area contributed by atoms with Gasteiger partial charge in [-0.15, -0.1) is 0 Å². The zero-order valence-electron chi connectivity index (χ0n) is 6.26. The number of rotatable bonds is 4. The minimum atomic E-state index is -0.774. The molecule has 1 amide bonds. The highest BCUT2D eigenvalue weighted by Crippen LogP contribution is 1.81. The molecule has 1 unspecified atom stereocenters. The molecule has 0 aliphatic carbocycles. The molecule has 0 bridgehead atoms. The van der Waals surface area contributed by atoms with Crippen LogP contribution in [0.2, 0.25) is 0 Å². The lowest BCUT2D eigenvalue weighted by Gasteiger charge is -2.05. The normalized spacial score (nSPS) is 12.7. The summed E-state index contributed by atoms with van der Waals surface area (Å²) in [5, 5.41) is 11.0. The SMILES string of the molecule is COCCC(=O)NC(C)O. The van der Waals surface area contributed by atoms with Gasteiger partial charge in [0.2, 0.25) is 5.91 Å². The van der Waals surface area contributed by atoms with Crippen molar-refractivity contribution < 1.29 is 14.6 Å². The van der Waals surface area contributed by atoms with Crippen molar-refractivity contribution in [2.45, 2.75) is 19.6 Å². The molecule has 0 radical (unpaired) electrons. The Kier molecular flexibility index (Phi) is 4.88. The zero-order valence-corrected chi connectivity index (χ0v) is 6.26. The van der Waals surface area contributed by atoms with Crippen molar-refractivity contribution in [3.63, 3.8) is 0 Å². The molecule has 0 saturated carbocycles. The van der Waals surface area contributed by atoms with Crippen molar-refractivity contribution in [2.24, 2.45) is 0 Å². The highest BCUT2D eigenvalue weighted by molar-refractivity contribution is 5.76. The summed E-state index contributed by atoms with van der Waals surface area (Å²) in [6, 6.07) is 0. The Morgan fingerprint density at radius 1 is 1.80 bits per heavy atom. The number of aliphatic hydroxyl groups excluding tert-OH is 1. The molecule has 0 aromatic heterocycles. The second kappa shape index (κ2) is 5.20. The van der Waals surface area contributed by atoms with Crippen molar-refractivity contribution in [1.82, 2.24) is 5.32 Å². The third-order valence-electron chi connectivity index (χ3n) is 0.903. The summed E-state index contributed by atoms with van der Waals surface area (Å²) >= 11 is 0. The second-order valence-corrected chi connectivity index (χ2v) is 1.99. The van der Waals surface area contributed by atoms with Crippen LogP contribution in [-0.4, -0.2) is 31.0 Å². The minimum absolute atomic E-state index is 0.197. The standard InChI is InChI=1S/C6H13NO3/c1-5(8)7-6(9)3-4-10-2/h5,8H,3-4H2,1-2H3,(H,7,9). The van der Waals surface area contributed by atoms with Gasteiger partial charge >= 0.3 is 0 Å². The van der Waals surface area contributed by atoms with E-state index in [1.165, 1.54) is 14.0 Å². The monoisotopic (exact) mass is 147 g/mol. The van der Waals surface area contributed by atoms with E-state index in [0.29, 0.717) is 13.0 Å². The Morgan fingerprint density at radius 2 is 2.40 bits per heavy atom. The Balaban J connectivity index is 3.26. The maximum atomic E-state index is 10.7. The van der Waals surface area contributed by atoms with Crippen molar-refractivity contribution in [1.29, 1.82) is 0 Å². The van der Waals surface area contributed by atoms with Crippen LogP contribution in [0.4, 0.5) is 0 Å². The number of aliphatic hydroxyl groups is 1. The number of hydrogen-bond acceptors (Lipinski definition) is 3. The van der Waals surface area contributed by atoms with Crippen molar-refractivity contribution in [2.75, 3.05) is 13.7 Å². The van der Waals surface area contributed by atoms with E-state index in [2.05, 4.69) is 10.1 Å². The fraction of sp³-hybridized carbons (Fsp3) is 0.833. The van der Waals surface area contributed by atoms with Gasteiger partial charge in [-0.25, -0.2) is 0 Å². The Morgan fingerprint density at radius 3 is 2.80 bits per heavy atom. The van der Waals surface area contributed by atoms with E-state index in [0.717, 1.165) is 0 Å². The lowest BCUT2D eigenvalue weighted by atomic mass is 10.4. The van der Waals surface area contributed by atoms with Crippen LogP contribution >= 0.6 is 0 Å². The molecular formula is C6H13NO3. The molecule has 0 saturated heterocycles. The molecule has 4 heteroatoms. The van der Waals surface area contributed by atoms with E-state index in [4.69, 9.17) is 5.11 Å². The molecule has 0 aliphatic heterocycles. The number of carbonyl (C=O) groups is 1. The van der Waals surface area contributed by atoms with Crippen LogP contribution in [0, 0.1) is 0 Å². The first-order valence-corrected chi connectivity index (χ1v) is 3.13. The van der Waals surface area contributed by atoms with Crippen LogP contribution in [0.15, 0.2) is 0 Å². The van der Waals surface area contributed by atoms with Crippen LogP contribution in [0.1, 0.15) is 13.3 Å². The number of ether oxygens (including phenoxy) is 1. The zero-order chi connectivity index (χ0) is 7.98. The molecule has 1 atom stereocenters. The molecular weight excluding hydrogens is 134 g/mol. The van der Waals surface area contributed by atoms with Crippen LogP contribution in [-0.2, 0) is 9.53 Å². The molecule has 0 fully saturated rings. The molecule has 4 nitrogen and oxygen atoms in total. The van der Waals surface area contributed by atoms with Crippen molar-refractivity contribution in [3.05, 3.63) is 0 Å². The molecule has 2 N–H and O–H groups in total. The average molecular weight is 147 g/mol. The molecule has 0 heterocycles. The fourth-order valence-electron chi connectivity index (χ4n) is 0.500. The molecule has 0 aromatic carbocycles. The molecule has 60 valence electrons. The summed E-state index contributed by atoms with van der Waals surface area (Å²) in [6.45, 7) is 1.88. The maximum Gasteiger partial charge on any atom is 0.224 e. The molecule has 0 aliphatic rings. The van der Waals surface area contributed by atoms with Gasteiger partial charge in [0.1, 0.15) is 6.23 Å². The quantitative estimate of drug-likeness (QED) is 0.526. The van der Waals surface area contributed by atoms with Crippen LogP contribution in [0.5, 0.6) is 0 Å². The number of nitrogens with one attached hydrogen (secondary N) is 1. The van der Waals surface area contributed by atoms with Crippen molar-refractivity contribution in [3.8, 4) is 0 Å². The summed E-state index contributed by atoms with van der Waals surface area (Å²) in [4.78, 5) is 10.7. The number of hydrogen-bond donors (Lipinski definition) is 2. The van der Waals surface area contributed by atoms with E-state index in [1.807, 2.05) is 0 Å². The molecule has 10 heavy (non-hydrogen) atoms. The van der Waals surface area contributed by atoms with E-state index in [9.17, 15) is 4.79 Å². The van der Waals surface area contributed by atoms with Gasteiger partial charge < -0.3 is 15.2 Å². The van der Waals surface area contributed by atoms with Gasteiger partial charge in [-0.3, -0.25) is 4.79 Å². The molecule has 0 spiro atoms. The van der Waals surface area contributed by atoms with Gasteiger partial charge in [-0.2, -0.15) is 0 Å². The Hall–Kier alpha value is -0.610. The predicted molar refractivity (Wildman–Crippen MR) is 36.3 cm³/mol. The molecule has 0 rings (SSSR count). The Labute approximate surface area is 60.2 Å². The number of carbonyl (C=O) groups excluding carboxylic acids is 1. The lowest BCUT2D eigenvalue weighted by molar-refractivity contribution is -0.124. The molecule has 0 aromatic rings. The largest absolute Gasteiger partial charge is 0.384 e. The van der Waals surface area contributed by atoms with E-state index >= 15 is 0 Å². The van der Waals surface area contributed by atoms with Crippen LogP contribution in [0.3, 0.4) is 0 Å². The third-order valence-corrected chi connectivity index (χ3v) is 0.903. The van der Waals surface area contributed by atoms with Crippen molar-refractivity contribution >= 4 is 5.91 Å². The maximum absolute atomic E-state index is 10.7. The van der Waals surface area contributed by atoms with Gasteiger partial charge in [0, 0.05) is 7.11 Å². The smallest absolute Gasteiger partial charge is 0.224 e. The van der Waals surface area contributed by atoms with Gasteiger partial charge in [0.15, 0.2) is 0 Å². The third kappa shape index (κ3) is 5.53. The first-order valence-electron chi connectivity index (χ1n) is 3.13. The summed E-state index contributed by atoms with van der Waals surface area (Å²) in [5.41, 5.74) is 0. The second-order valence-electron chi connectivity index (χ2n) is 1.99. The summed E-state index contributed by atoms with van der Waals surface area (Å²) in [5.74, 6) is -0.197. The summed E-state index contributed by atoms with van der Waals surface area (Å²) < 4.78 is 4.65. The first-order chi connectivity index (χ1) is 4.66. The van der Waals surface area contributed by atoms with Gasteiger partial charge in [0.25, 0.3) is 0 Å². The Bertz CT molecular complexity index is 103.